The molecule has 0 bridgehead atoms. The molecule has 0 aliphatic heterocycles. The lowest BCUT2D eigenvalue weighted by atomic mass is 10.2. The van der Waals surface area contributed by atoms with Crippen molar-refractivity contribution in [2.24, 2.45) is 0 Å². The van der Waals surface area contributed by atoms with Crippen molar-refractivity contribution in [1.82, 2.24) is 14.5 Å². The number of methoxy groups -OCH3 is 1. The highest BCUT2D eigenvalue weighted by Crippen LogP contribution is 2.18. The van der Waals surface area contributed by atoms with E-state index in [-0.39, 0.29) is 6.61 Å². The second kappa shape index (κ2) is 8.41. The van der Waals surface area contributed by atoms with E-state index >= 15 is 0 Å². The van der Waals surface area contributed by atoms with Crippen LogP contribution >= 0.6 is 0 Å². The average molecular weight is 339 g/mol. The van der Waals surface area contributed by atoms with E-state index in [2.05, 4.69) is 9.97 Å². The molecule has 130 valence electrons. The summed E-state index contributed by atoms with van der Waals surface area (Å²) < 4.78 is 12.8. The summed E-state index contributed by atoms with van der Waals surface area (Å²) in [5, 5.41) is 10.3. The molecule has 0 aliphatic rings. The molecule has 0 saturated heterocycles. The first-order valence-electron chi connectivity index (χ1n) is 8.08. The SMILES string of the molecule is COc1ccccc1COCC(O)Cn1ccnc1-c1ccccn1. The number of hydrogen-bond acceptors (Lipinski definition) is 5. The third kappa shape index (κ3) is 4.43. The number of aliphatic hydroxyl groups excluding tert-OH is 1. The molecular weight excluding hydrogens is 318 g/mol. The Labute approximate surface area is 146 Å². The number of imidazole rings is 1. The zero-order chi connectivity index (χ0) is 17.5. The predicted octanol–water partition coefficient (Wildman–Crippen LogP) is 2.53. The van der Waals surface area contributed by atoms with Crippen LogP contribution in [0.1, 0.15) is 5.56 Å². The van der Waals surface area contributed by atoms with Crippen molar-refractivity contribution in [3.8, 4) is 17.3 Å². The van der Waals surface area contributed by atoms with Crippen LogP contribution in [0.3, 0.4) is 0 Å². The van der Waals surface area contributed by atoms with Gasteiger partial charge in [0.25, 0.3) is 0 Å². The molecule has 1 N–H and O–H groups in total. The van der Waals surface area contributed by atoms with Gasteiger partial charge in [0.05, 0.1) is 33.0 Å². The van der Waals surface area contributed by atoms with E-state index in [1.165, 1.54) is 0 Å². The van der Waals surface area contributed by atoms with Gasteiger partial charge in [0.15, 0.2) is 5.82 Å². The second-order valence-corrected chi connectivity index (χ2v) is 5.60. The lowest BCUT2D eigenvalue weighted by molar-refractivity contribution is 0.0200. The summed E-state index contributed by atoms with van der Waals surface area (Å²) in [6.07, 6.45) is 4.60. The number of ether oxygens (including phenoxy) is 2. The molecule has 6 nitrogen and oxygen atoms in total. The summed E-state index contributed by atoms with van der Waals surface area (Å²) in [4.78, 5) is 8.62. The van der Waals surface area contributed by atoms with E-state index in [4.69, 9.17) is 9.47 Å². The number of para-hydroxylation sites is 1. The fourth-order valence-electron chi connectivity index (χ4n) is 2.59. The van der Waals surface area contributed by atoms with Crippen molar-refractivity contribution in [3.05, 3.63) is 66.6 Å². The van der Waals surface area contributed by atoms with Gasteiger partial charge in [-0.1, -0.05) is 24.3 Å². The third-order valence-electron chi connectivity index (χ3n) is 3.78. The maximum absolute atomic E-state index is 10.3. The highest BCUT2D eigenvalue weighted by Gasteiger charge is 2.12. The topological polar surface area (TPSA) is 69.4 Å². The summed E-state index contributed by atoms with van der Waals surface area (Å²) in [5.41, 5.74) is 1.73. The van der Waals surface area contributed by atoms with Crippen LogP contribution in [0.4, 0.5) is 0 Å². The number of benzene rings is 1. The van der Waals surface area contributed by atoms with E-state index in [1.807, 2.05) is 53.2 Å². The number of rotatable bonds is 8. The third-order valence-corrected chi connectivity index (χ3v) is 3.78. The zero-order valence-electron chi connectivity index (χ0n) is 14.1. The maximum Gasteiger partial charge on any atom is 0.158 e. The number of aromatic nitrogens is 3. The van der Waals surface area contributed by atoms with Crippen molar-refractivity contribution in [1.29, 1.82) is 0 Å². The number of aliphatic hydroxyl groups is 1. The minimum absolute atomic E-state index is 0.220. The minimum atomic E-state index is -0.647. The fourth-order valence-corrected chi connectivity index (χ4v) is 2.59. The van der Waals surface area contributed by atoms with Gasteiger partial charge in [-0.15, -0.1) is 0 Å². The highest BCUT2D eigenvalue weighted by molar-refractivity contribution is 5.49. The van der Waals surface area contributed by atoms with E-state index < -0.39 is 6.10 Å². The van der Waals surface area contributed by atoms with E-state index in [0.717, 1.165) is 22.8 Å². The summed E-state index contributed by atoms with van der Waals surface area (Å²) in [6.45, 7) is 0.994. The van der Waals surface area contributed by atoms with Crippen LogP contribution in [0.15, 0.2) is 61.1 Å². The Balaban J connectivity index is 1.55. The number of hydrogen-bond donors (Lipinski definition) is 1. The highest BCUT2D eigenvalue weighted by atomic mass is 16.5. The van der Waals surface area contributed by atoms with E-state index in [0.29, 0.717) is 13.2 Å². The van der Waals surface area contributed by atoms with Gasteiger partial charge in [-0.2, -0.15) is 0 Å². The molecule has 0 saturated carbocycles. The maximum atomic E-state index is 10.3. The van der Waals surface area contributed by atoms with E-state index in [9.17, 15) is 5.11 Å². The van der Waals surface area contributed by atoms with Gasteiger partial charge < -0.3 is 19.1 Å². The van der Waals surface area contributed by atoms with Gasteiger partial charge in [0, 0.05) is 24.2 Å². The monoisotopic (exact) mass is 339 g/mol. The molecule has 6 heteroatoms. The summed E-state index contributed by atoms with van der Waals surface area (Å²) in [6, 6.07) is 13.3. The Kier molecular flexibility index (Phi) is 5.77. The van der Waals surface area contributed by atoms with Crippen molar-refractivity contribution >= 4 is 0 Å². The van der Waals surface area contributed by atoms with Gasteiger partial charge in [0.2, 0.25) is 0 Å². The molecule has 0 amide bonds. The molecule has 3 aromatic rings. The van der Waals surface area contributed by atoms with Gasteiger partial charge in [-0.25, -0.2) is 4.98 Å². The molecule has 0 aliphatic carbocycles. The molecule has 2 heterocycles. The Hall–Kier alpha value is -2.70. The molecule has 1 atom stereocenters. The summed E-state index contributed by atoms with van der Waals surface area (Å²) >= 11 is 0. The van der Waals surface area contributed by atoms with Crippen molar-refractivity contribution in [3.63, 3.8) is 0 Å². The average Bonchev–Trinajstić information content (AvgIpc) is 3.11. The standard InChI is InChI=1S/C19H21N3O3/c1-24-18-8-3-2-6-15(18)13-25-14-16(23)12-22-11-10-21-19(22)17-7-4-5-9-20-17/h2-11,16,23H,12-14H2,1H3. The van der Waals surface area contributed by atoms with E-state index in [1.54, 1.807) is 19.5 Å². The molecule has 1 unspecified atom stereocenters. The molecule has 0 fully saturated rings. The Bertz CT molecular complexity index is 789. The van der Waals surface area contributed by atoms with Crippen LogP contribution in [0.2, 0.25) is 0 Å². The van der Waals surface area contributed by atoms with Crippen LogP contribution in [-0.4, -0.2) is 39.5 Å². The molecule has 25 heavy (non-hydrogen) atoms. The van der Waals surface area contributed by atoms with Crippen LogP contribution in [0.25, 0.3) is 11.5 Å². The number of pyridine rings is 1. The van der Waals surface area contributed by atoms with Crippen LogP contribution in [0.5, 0.6) is 5.75 Å². The smallest absolute Gasteiger partial charge is 0.158 e. The first-order valence-corrected chi connectivity index (χ1v) is 8.08. The molecule has 3 rings (SSSR count). The second-order valence-electron chi connectivity index (χ2n) is 5.60. The fraction of sp³-hybridized carbons (Fsp3) is 0.263. The normalized spacial score (nSPS) is 12.1. The van der Waals surface area contributed by atoms with Crippen molar-refractivity contribution in [2.45, 2.75) is 19.3 Å². The molecule has 2 aromatic heterocycles. The van der Waals surface area contributed by atoms with Crippen LogP contribution in [-0.2, 0) is 17.9 Å². The Morgan fingerprint density at radius 1 is 1.08 bits per heavy atom. The van der Waals surface area contributed by atoms with Gasteiger partial charge in [-0.05, 0) is 18.2 Å². The van der Waals surface area contributed by atoms with Crippen LogP contribution < -0.4 is 4.74 Å². The lowest BCUT2D eigenvalue weighted by Crippen LogP contribution is -2.22. The lowest BCUT2D eigenvalue weighted by Gasteiger charge is -2.15. The quantitative estimate of drug-likeness (QED) is 0.683. The van der Waals surface area contributed by atoms with Gasteiger partial charge >= 0.3 is 0 Å². The molecular formula is C19H21N3O3. The van der Waals surface area contributed by atoms with Crippen molar-refractivity contribution < 1.29 is 14.6 Å². The minimum Gasteiger partial charge on any atom is -0.496 e. The molecule has 1 aromatic carbocycles. The Morgan fingerprint density at radius 3 is 2.72 bits per heavy atom. The summed E-state index contributed by atoms with van der Waals surface area (Å²) in [5.74, 6) is 1.51. The largest absolute Gasteiger partial charge is 0.496 e. The Morgan fingerprint density at radius 2 is 1.92 bits per heavy atom. The summed E-state index contributed by atoms with van der Waals surface area (Å²) in [7, 11) is 1.63. The first-order chi connectivity index (χ1) is 12.3. The number of nitrogens with zero attached hydrogens (tertiary/aromatic N) is 3. The van der Waals surface area contributed by atoms with Crippen molar-refractivity contribution in [2.75, 3.05) is 13.7 Å². The van der Waals surface area contributed by atoms with Gasteiger partial charge in [0.1, 0.15) is 11.4 Å². The predicted molar refractivity (Wildman–Crippen MR) is 94.1 cm³/mol. The zero-order valence-corrected chi connectivity index (χ0v) is 14.1. The molecule has 0 spiro atoms. The first kappa shape index (κ1) is 17.1. The van der Waals surface area contributed by atoms with Gasteiger partial charge in [-0.3, -0.25) is 4.98 Å². The van der Waals surface area contributed by atoms with Crippen LogP contribution in [0, 0.1) is 0 Å². The molecule has 0 radical (unpaired) electrons.